The summed E-state index contributed by atoms with van der Waals surface area (Å²) in [5.74, 6) is 0. The van der Waals surface area contributed by atoms with Gasteiger partial charge in [0.2, 0.25) is 0 Å². The lowest BCUT2D eigenvalue weighted by molar-refractivity contribution is 0.408. The Morgan fingerprint density at radius 3 is 2.35 bits per heavy atom. The largest absolute Gasteiger partial charge is 0.315 e. The van der Waals surface area contributed by atoms with Crippen LogP contribution in [0.15, 0.2) is 17.5 Å². The maximum atomic E-state index is 3.53. The van der Waals surface area contributed by atoms with E-state index in [1.54, 1.807) is 0 Å². The summed E-state index contributed by atoms with van der Waals surface area (Å²) in [6.07, 6.45) is 0. The maximum Gasteiger partial charge on any atom is 0.0115 e. The molecule has 0 amide bonds. The van der Waals surface area contributed by atoms with Crippen LogP contribution in [0.4, 0.5) is 0 Å². The molecule has 0 aromatic carbocycles. The van der Waals surface area contributed by atoms with Gasteiger partial charge in [-0.15, -0.1) is 11.3 Å². The number of thiophene rings is 1. The molecule has 3 heteroatoms. The molecule has 0 radical (unpaired) electrons. The van der Waals surface area contributed by atoms with Gasteiger partial charge in [-0.3, -0.25) is 0 Å². The Morgan fingerprint density at radius 1 is 1.12 bits per heavy atom. The number of hydrogen-bond donors (Lipinski definition) is 2. The molecule has 2 N–H and O–H groups in total. The van der Waals surface area contributed by atoms with Crippen molar-refractivity contribution in [2.45, 2.75) is 45.6 Å². The van der Waals surface area contributed by atoms with E-state index >= 15 is 0 Å². The Balaban J connectivity index is 2.23. The number of rotatable bonds is 6. The van der Waals surface area contributed by atoms with Gasteiger partial charge in [-0.2, -0.15) is 0 Å². The Labute approximate surface area is 110 Å². The van der Waals surface area contributed by atoms with E-state index in [0.717, 1.165) is 19.6 Å². The Morgan fingerprint density at radius 2 is 1.82 bits per heavy atom. The van der Waals surface area contributed by atoms with E-state index in [9.17, 15) is 0 Å². The van der Waals surface area contributed by atoms with Crippen LogP contribution < -0.4 is 10.6 Å². The van der Waals surface area contributed by atoms with E-state index in [2.05, 4.69) is 62.8 Å². The summed E-state index contributed by atoms with van der Waals surface area (Å²) in [6, 6.07) is 4.35. The first kappa shape index (κ1) is 14.7. The van der Waals surface area contributed by atoms with E-state index < -0.39 is 0 Å². The number of nitrogens with one attached hydrogen (secondary N) is 2. The highest BCUT2D eigenvalue weighted by atomic mass is 32.1. The molecular weight excluding hydrogens is 228 g/mol. The highest BCUT2D eigenvalue weighted by Gasteiger charge is 2.20. The molecule has 1 heterocycles. The Bertz CT molecular complexity index is 309. The minimum Gasteiger partial charge on any atom is -0.315 e. The van der Waals surface area contributed by atoms with Gasteiger partial charge in [0.25, 0.3) is 0 Å². The fourth-order valence-electron chi connectivity index (χ4n) is 1.68. The van der Waals surface area contributed by atoms with Crippen molar-refractivity contribution in [3.05, 3.63) is 22.4 Å². The molecule has 0 saturated carbocycles. The molecule has 98 valence electrons. The second-order valence-corrected chi connectivity index (χ2v) is 7.16. The average Bonchev–Trinajstić information content (AvgIpc) is 2.68. The SMILES string of the molecule is CC(C)(C)NCCNCC(C)(C)c1cccs1. The Hall–Kier alpha value is -0.380. The van der Waals surface area contributed by atoms with E-state index in [0.29, 0.717) is 0 Å². The van der Waals surface area contributed by atoms with Crippen molar-refractivity contribution in [2.24, 2.45) is 0 Å². The Kier molecular flexibility index (Phi) is 5.17. The highest BCUT2D eigenvalue weighted by molar-refractivity contribution is 7.10. The lowest BCUT2D eigenvalue weighted by Gasteiger charge is -2.25. The molecule has 0 atom stereocenters. The van der Waals surface area contributed by atoms with Gasteiger partial charge in [0.15, 0.2) is 0 Å². The molecule has 0 bridgehead atoms. The lowest BCUT2D eigenvalue weighted by Crippen LogP contribution is -2.42. The van der Waals surface area contributed by atoms with Gasteiger partial charge in [-0.1, -0.05) is 19.9 Å². The van der Waals surface area contributed by atoms with E-state index in [1.165, 1.54) is 4.88 Å². The standard InChI is InChI=1S/C14H26N2S/c1-13(2,3)16-9-8-15-11-14(4,5)12-7-6-10-17-12/h6-7,10,15-16H,8-9,11H2,1-5H3. The van der Waals surface area contributed by atoms with Crippen LogP contribution in [0.5, 0.6) is 0 Å². The fourth-order valence-corrected chi connectivity index (χ4v) is 2.53. The first-order valence-electron chi connectivity index (χ1n) is 6.31. The van der Waals surface area contributed by atoms with Crippen LogP contribution >= 0.6 is 11.3 Å². The smallest absolute Gasteiger partial charge is 0.0115 e. The second kappa shape index (κ2) is 5.98. The van der Waals surface area contributed by atoms with Crippen LogP contribution in [0, 0.1) is 0 Å². The molecule has 1 rings (SSSR count). The molecule has 0 unspecified atom stereocenters. The lowest BCUT2D eigenvalue weighted by atomic mass is 9.91. The van der Waals surface area contributed by atoms with Crippen molar-refractivity contribution < 1.29 is 0 Å². The summed E-state index contributed by atoms with van der Waals surface area (Å²) < 4.78 is 0. The topological polar surface area (TPSA) is 24.1 Å². The van der Waals surface area contributed by atoms with Gasteiger partial charge < -0.3 is 10.6 Å². The van der Waals surface area contributed by atoms with Crippen molar-refractivity contribution >= 4 is 11.3 Å². The zero-order valence-electron chi connectivity index (χ0n) is 11.8. The molecule has 2 nitrogen and oxygen atoms in total. The van der Waals surface area contributed by atoms with Crippen LogP contribution in [0.3, 0.4) is 0 Å². The third kappa shape index (κ3) is 5.66. The molecule has 0 fully saturated rings. The predicted octanol–water partition coefficient (Wildman–Crippen LogP) is 3.00. The predicted molar refractivity (Wildman–Crippen MR) is 78.0 cm³/mol. The first-order valence-corrected chi connectivity index (χ1v) is 7.19. The monoisotopic (exact) mass is 254 g/mol. The third-order valence-electron chi connectivity index (χ3n) is 2.71. The van der Waals surface area contributed by atoms with Crippen LogP contribution in [-0.4, -0.2) is 25.2 Å². The summed E-state index contributed by atoms with van der Waals surface area (Å²) >= 11 is 1.84. The van der Waals surface area contributed by atoms with E-state index in [-0.39, 0.29) is 11.0 Å². The molecule has 0 spiro atoms. The van der Waals surface area contributed by atoms with Crippen molar-refractivity contribution in [1.82, 2.24) is 10.6 Å². The molecule has 0 saturated heterocycles. The average molecular weight is 254 g/mol. The van der Waals surface area contributed by atoms with Gasteiger partial charge in [0, 0.05) is 35.5 Å². The number of hydrogen-bond acceptors (Lipinski definition) is 3. The van der Waals surface area contributed by atoms with Crippen molar-refractivity contribution in [2.75, 3.05) is 19.6 Å². The molecule has 0 aliphatic carbocycles. The summed E-state index contributed by atoms with van der Waals surface area (Å²) in [5.41, 5.74) is 0.445. The van der Waals surface area contributed by atoms with E-state index in [4.69, 9.17) is 0 Å². The molecule has 17 heavy (non-hydrogen) atoms. The van der Waals surface area contributed by atoms with Gasteiger partial charge >= 0.3 is 0 Å². The maximum absolute atomic E-state index is 3.53. The van der Waals surface area contributed by atoms with Crippen LogP contribution in [0.25, 0.3) is 0 Å². The van der Waals surface area contributed by atoms with Crippen LogP contribution in [0.1, 0.15) is 39.5 Å². The zero-order chi connectivity index (χ0) is 12.9. The van der Waals surface area contributed by atoms with Gasteiger partial charge in [-0.05, 0) is 32.2 Å². The van der Waals surface area contributed by atoms with Gasteiger partial charge in [0.05, 0.1) is 0 Å². The summed E-state index contributed by atoms with van der Waals surface area (Å²) in [7, 11) is 0. The second-order valence-electron chi connectivity index (χ2n) is 6.21. The van der Waals surface area contributed by atoms with Crippen LogP contribution in [-0.2, 0) is 5.41 Å². The summed E-state index contributed by atoms with van der Waals surface area (Å²) in [5, 5.41) is 9.16. The first-order chi connectivity index (χ1) is 7.81. The molecular formula is C14H26N2S. The van der Waals surface area contributed by atoms with Gasteiger partial charge in [0.1, 0.15) is 0 Å². The zero-order valence-corrected chi connectivity index (χ0v) is 12.6. The van der Waals surface area contributed by atoms with Crippen molar-refractivity contribution in [3.63, 3.8) is 0 Å². The molecule has 0 aliphatic rings. The van der Waals surface area contributed by atoms with Gasteiger partial charge in [-0.25, -0.2) is 0 Å². The third-order valence-corrected chi connectivity index (χ3v) is 3.95. The fraction of sp³-hybridized carbons (Fsp3) is 0.714. The van der Waals surface area contributed by atoms with Crippen molar-refractivity contribution in [3.8, 4) is 0 Å². The molecule has 1 aromatic heterocycles. The summed E-state index contributed by atoms with van der Waals surface area (Å²) in [4.78, 5) is 1.45. The minimum atomic E-state index is 0.213. The molecule has 0 aliphatic heterocycles. The highest BCUT2D eigenvalue weighted by Crippen LogP contribution is 2.26. The normalized spacial score (nSPS) is 13.0. The summed E-state index contributed by atoms with van der Waals surface area (Å²) in [6.45, 7) is 14.2. The van der Waals surface area contributed by atoms with Crippen molar-refractivity contribution in [1.29, 1.82) is 0 Å². The van der Waals surface area contributed by atoms with E-state index in [1.807, 2.05) is 11.3 Å². The van der Waals surface area contributed by atoms with Crippen LogP contribution in [0.2, 0.25) is 0 Å². The minimum absolute atomic E-state index is 0.213. The quantitative estimate of drug-likeness (QED) is 0.763. The molecule has 1 aromatic rings.